The highest BCUT2D eigenvalue weighted by molar-refractivity contribution is 5.95. The maximum absolute atomic E-state index is 12.3. The van der Waals surface area contributed by atoms with Gasteiger partial charge in [-0.1, -0.05) is 72.8 Å². The van der Waals surface area contributed by atoms with Crippen molar-refractivity contribution >= 4 is 17.6 Å². The van der Waals surface area contributed by atoms with Gasteiger partial charge in [0.2, 0.25) is 0 Å². The van der Waals surface area contributed by atoms with Gasteiger partial charge in [-0.3, -0.25) is 14.9 Å². The fraction of sp³-hybridized carbons (Fsp3) is 0.200. The average Bonchev–Trinajstić information content (AvgIpc) is 2.81. The van der Waals surface area contributed by atoms with E-state index in [0.29, 0.717) is 18.5 Å². The summed E-state index contributed by atoms with van der Waals surface area (Å²) in [6.45, 7) is 1.41. The van der Waals surface area contributed by atoms with Crippen LogP contribution in [0, 0.1) is 17.0 Å². The third kappa shape index (κ3) is 5.78. The number of nitrogens with one attached hydrogen (secondary N) is 1. The molecule has 0 unspecified atom stereocenters. The molecule has 0 aromatic heterocycles. The molecular formula is C25H24N2O5. The molecule has 1 N–H and O–H groups in total. The molecule has 0 spiro atoms. The van der Waals surface area contributed by atoms with Crippen molar-refractivity contribution in [3.05, 3.63) is 111 Å². The summed E-state index contributed by atoms with van der Waals surface area (Å²) in [6.07, 6.45) is 0.664. The molecule has 7 nitrogen and oxygen atoms in total. The summed E-state index contributed by atoms with van der Waals surface area (Å²) in [5, 5.41) is 14.0. The topological polar surface area (TPSA) is 98.5 Å². The van der Waals surface area contributed by atoms with Crippen LogP contribution in [0.4, 0.5) is 5.69 Å². The van der Waals surface area contributed by atoms with Gasteiger partial charge in [-0.15, -0.1) is 0 Å². The molecule has 0 aliphatic rings. The first-order valence-corrected chi connectivity index (χ1v) is 10.2. The van der Waals surface area contributed by atoms with Crippen LogP contribution in [0.2, 0.25) is 0 Å². The highest BCUT2D eigenvalue weighted by Crippen LogP contribution is 2.27. The van der Waals surface area contributed by atoms with Gasteiger partial charge in [0, 0.05) is 18.0 Å². The van der Waals surface area contributed by atoms with Crippen molar-refractivity contribution in [2.45, 2.75) is 19.3 Å². The molecule has 0 radical (unpaired) electrons. The number of nitrogens with zero attached hydrogens (tertiary/aromatic N) is 1. The number of para-hydroxylation sites is 1. The fourth-order valence-corrected chi connectivity index (χ4v) is 3.58. The van der Waals surface area contributed by atoms with E-state index in [1.807, 2.05) is 36.4 Å². The van der Waals surface area contributed by atoms with Gasteiger partial charge < -0.3 is 10.1 Å². The maximum Gasteiger partial charge on any atom is 0.345 e. The smallest absolute Gasteiger partial charge is 0.345 e. The lowest BCUT2D eigenvalue weighted by Gasteiger charge is -2.18. The average molecular weight is 432 g/mol. The zero-order chi connectivity index (χ0) is 22.9. The first kappa shape index (κ1) is 22.7. The van der Waals surface area contributed by atoms with Crippen LogP contribution >= 0.6 is 0 Å². The molecule has 0 heterocycles. The Hall–Kier alpha value is -4.00. The Morgan fingerprint density at radius 3 is 2.09 bits per heavy atom. The van der Waals surface area contributed by atoms with Crippen LogP contribution in [0.15, 0.2) is 78.9 Å². The molecule has 0 saturated carbocycles. The van der Waals surface area contributed by atoms with E-state index in [-0.39, 0.29) is 17.2 Å². The van der Waals surface area contributed by atoms with Crippen molar-refractivity contribution in [1.29, 1.82) is 0 Å². The normalized spacial score (nSPS) is 10.6. The number of hydrogen-bond donors (Lipinski definition) is 1. The van der Waals surface area contributed by atoms with Crippen molar-refractivity contribution in [2.75, 3.05) is 13.2 Å². The molecule has 3 aromatic rings. The van der Waals surface area contributed by atoms with E-state index in [9.17, 15) is 19.7 Å². The molecule has 0 aliphatic carbocycles. The van der Waals surface area contributed by atoms with Crippen LogP contribution in [-0.2, 0) is 9.53 Å². The van der Waals surface area contributed by atoms with Gasteiger partial charge in [0.05, 0.1) is 4.92 Å². The van der Waals surface area contributed by atoms with Crippen molar-refractivity contribution in [2.24, 2.45) is 0 Å². The number of benzene rings is 3. The summed E-state index contributed by atoms with van der Waals surface area (Å²) in [4.78, 5) is 35.1. The summed E-state index contributed by atoms with van der Waals surface area (Å²) in [5.41, 5.74) is 2.15. The largest absolute Gasteiger partial charge is 0.452 e. The van der Waals surface area contributed by atoms with E-state index in [4.69, 9.17) is 4.74 Å². The van der Waals surface area contributed by atoms with Gasteiger partial charge in [-0.05, 0) is 30.5 Å². The van der Waals surface area contributed by atoms with Crippen molar-refractivity contribution < 1.29 is 19.2 Å². The molecule has 0 fully saturated rings. The van der Waals surface area contributed by atoms with Crippen LogP contribution in [0.1, 0.15) is 39.4 Å². The molecule has 0 atom stereocenters. The SMILES string of the molecule is Cc1cccc(C(=O)OCC(=O)NCCC(c2ccccc2)c2ccccc2)c1[N+](=O)[O-]. The number of esters is 1. The third-order valence-electron chi connectivity index (χ3n) is 5.13. The minimum absolute atomic E-state index is 0.107. The Balaban J connectivity index is 1.56. The van der Waals surface area contributed by atoms with Crippen LogP contribution in [0.5, 0.6) is 0 Å². The third-order valence-corrected chi connectivity index (χ3v) is 5.13. The molecule has 32 heavy (non-hydrogen) atoms. The number of nitro benzene ring substituents is 1. The van der Waals surface area contributed by atoms with E-state index < -0.39 is 23.4 Å². The highest BCUT2D eigenvalue weighted by Gasteiger charge is 2.24. The predicted octanol–water partition coefficient (Wildman–Crippen LogP) is 4.40. The first-order valence-electron chi connectivity index (χ1n) is 10.2. The van der Waals surface area contributed by atoms with E-state index in [1.54, 1.807) is 0 Å². The Labute approximate surface area is 186 Å². The summed E-state index contributed by atoms with van der Waals surface area (Å²) in [5.74, 6) is -1.26. The second-order valence-electron chi connectivity index (χ2n) is 7.32. The summed E-state index contributed by atoms with van der Waals surface area (Å²) < 4.78 is 5.01. The van der Waals surface area contributed by atoms with Gasteiger partial charge >= 0.3 is 5.97 Å². The van der Waals surface area contributed by atoms with Gasteiger partial charge in [0.1, 0.15) is 5.56 Å². The quantitative estimate of drug-likeness (QED) is 0.307. The van der Waals surface area contributed by atoms with Crippen molar-refractivity contribution in [3.8, 4) is 0 Å². The number of nitro groups is 1. The summed E-state index contributed by atoms with van der Waals surface area (Å²) in [7, 11) is 0. The highest BCUT2D eigenvalue weighted by atomic mass is 16.6. The second kappa shape index (κ2) is 10.9. The van der Waals surface area contributed by atoms with Crippen molar-refractivity contribution in [3.63, 3.8) is 0 Å². The second-order valence-corrected chi connectivity index (χ2v) is 7.32. The van der Waals surface area contributed by atoms with Crippen LogP contribution in [-0.4, -0.2) is 30.0 Å². The molecule has 7 heteroatoms. The summed E-state index contributed by atoms with van der Waals surface area (Å²) >= 11 is 0. The zero-order valence-corrected chi connectivity index (χ0v) is 17.7. The molecule has 3 rings (SSSR count). The van der Waals surface area contributed by atoms with Crippen molar-refractivity contribution in [1.82, 2.24) is 5.32 Å². The number of carbonyl (C=O) groups excluding carboxylic acids is 2. The van der Waals surface area contributed by atoms with Crippen LogP contribution in [0.25, 0.3) is 0 Å². The molecule has 0 bridgehead atoms. The molecule has 3 aromatic carbocycles. The number of carbonyl (C=O) groups is 2. The monoisotopic (exact) mass is 432 g/mol. The summed E-state index contributed by atoms with van der Waals surface area (Å²) in [6, 6.07) is 24.4. The van der Waals surface area contributed by atoms with E-state index in [2.05, 4.69) is 29.6 Å². The van der Waals surface area contributed by atoms with E-state index in [1.165, 1.54) is 25.1 Å². The minimum atomic E-state index is -0.901. The zero-order valence-electron chi connectivity index (χ0n) is 17.7. The van der Waals surface area contributed by atoms with Crippen LogP contribution < -0.4 is 5.32 Å². The molecule has 164 valence electrons. The van der Waals surface area contributed by atoms with Gasteiger partial charge in [0.25, 0.3) is 11.6 Å². The molecule has 0 saturated heterocycles. The Morgan fingerprint density at radius 1 is 0.938 bits per heavy atom. The maximum atomic E-state index is 12.3. The Kier molecular flexibility index (Phi) is 7.70. The molecule has 1 amide bonds. The number of hydrogen-bond acceptors (Lipinski definition) is 5. The van der Waals surface area contributed by atoms with Gasteiger partial charge in [-0.25, -0.2) is 4.79 Å². The predicted molar refractivity (Wildman–Crippen MR) is 120 cm³/mol. The van der Waals surface area contributed by atoms with E-state index in [0.717, 1.165) is 11.1 Å². The number of rotatable bonds is 9. The number of aryl methyl sites for hydroxylation is 1. The standard InChI is InChI=1S/C25H24N2O5/c1-18-9-8-14-22(24(18)27(30)31)25(29)32-17-23(28)26-16-15-21(19-10-4-2-5-11-19)20-12-6-3-7-13-20/h2-14,21H,15-17H2,1H3,(H,26,28). The number of amides is 1. The minimum Gasteiger partial charge on any atom is -0.452 e. The first-order chi connectivity index (χ1) is 15.5. The van der Waals surface area contributed by atoms with Gasteiger partial charge in [-0.2, -0.15) is 0 Å². The molecular weight excluding hydrogens is 408 g/mol. The van der Waals surface area contributed by atoms with E-state index >= 15 is 0 Å². The lowest BCUT2D eigenvalue weighted by molar-refractivity contribution is -0.385. The Bertz CT molecular complexity index is 1040. The Morgan fingerprint density at radius 2 is 1.53 bits per heavy atom. The lowest BCUT2D eigenvalue weighted by Crippen LogP contribution is -2.30. The number of ether oxygens (including phenoxy) is 1. The van der Waals surface area contributed by atoms with Gasteiger partial charge in [0.15, 0.2) is 6.61 Å². The van der Waals surface area contributed by atoms with Crippen LogP contribution in [0.3, 0.4) is 0 Å². The fourth-order valence-electron chi connectivity index (χ4n) is 3.58. The lowest BCUT2D eigenvalue weighted by atomic mass is 9.88. The molecule has 0 aliphatic heterocycles.